The summed E-state index contributed by atoms with van der Waals surface area (Å²) in [6.07, 6.45) is 0. The molecule has 0 aliphatic rings. The second-order valence-electron chi connectivity index (χ2n) is 9.31. The smallest absolute Gasteiger partial charge is 0.0495 e. The van der Waals surface area contributed by atoms with Gasteiger partial charge in [-0.3, -0.25) is 0 Å². The Bertz CT molecular complexity index is 1670. The predicted molar refractivity (Wildman–Crippen MR) is 146 cm³/mol. The molecule has 0 unspecified atom stereocenters. The van der Waals surface area contributed by atoms with Crippen LogP contribution in [0.15, 0.2) is 103 Å². The lowest BCUT2D eigenvalue weighted by Gasteiger charge is -2.12. The molecule has 0 saturated carbocycles. The highest BCUT2D eigenvalue weighted by Gasteiger charge is 2.10. The second-order valence-corrected chi connectivity index (χ2v) is 9.31. The SMILES string of the molecule is Cc1ccccc1-c1cc(-c2ccc(-c3cc(C)c4[nH]c5ccccc5c4c3)cc2)ccc1C. The highest BCUT2D eigenvalue weighted by Crippen LogP contribution is 2.35. The first-order valence-electron chi connectivity index (χ1n) is 11.9. The number of fused-ring (bicyclic) bond motifs is 3. The third kappa shape index (κ3) is 3.41. The van der Waals surface area contributed by atoms with E-state index in [4.69, 9.17) is 0 Å². The lowest BCUT2D eigenvalue weighted by molar-refractivity contribution is 1.41. The van der Waals surface area contributed by atoms with Gasteiger partial charge in [0.15, 0.2) is 0 Å². The van der Waals surface area contributed by atoms with Crippen LogP contribution in [-0.2, 0) is 0 Å². The average molecular weight is 438 g/mol. The molecule has 0 saturated heterocycles. The van der Waals surface area contributed by atoms with E-state index in [1.54, 1.807) is 0 Å². The molecule has 0 amide bonds. The van der Waals surface area contributed by atoms with E-state index in [0.29, 0.717) is 0 Å². The summed E-state index contributed by atoms with van der Waals surface area (Å²) in [5.74, 6) is 0. The first-order valence-corrected chi connectivity index (χ1v) is 11.9. The van der Waals surface area contributed by atoms with Crippen molar-refractivity contribution < 1.29 is 0 Å². The summed E-state index contributed by atoms with van der Waals surface area (Å²) in [5.41, 5.74) is 13.9. The zero-order valence-corrected chi connectivity index (χ0v) is 19.8. The number of hydrogen-bond acceptors (Lipinski definition) is 0. The van der Waals surface area contributed by atoms with Gasteiger partial charge in [-0.1, -0.05) is 78.9 Å². The lowest BCUT2D eigenvalue weighted by atomic mass is 9.92. The van der Waals surface area contributed by atoms with Crippen LogP contribution in [0.25, 0.3) is 55.2 Å². The van der Waals surface area contributed by atoms with Crippen LogP contribution in [0.4, 0.5) is 0 Å². The van der Waals surface area contributed by atoms with E-state index in [-0.39, 0.29) is 0 Å². The number of H-pyrrole nitrogens is 1. The van der Waals surface area contributed by atoms with Crippen molar-refractivity contribution in [1.82, 2.24) is 4.98 Å². The molecule has 1 aromatic heterocycles. The summed E-state index contributed by atoms with van der Waals surface area (Å²) in [4.78, 5) is 3.58. The highest BCUT2D eigenvalue weighted by molar-refractivity contribution is 6.09. The molecule has 34 heavy (non-hydrogen) atoms. The number of benzene rings is 5. The molecule has 0 fully saturated rings. The van der Waals surface area contributed by atoms with Crippen molar-refractivity contribution in [2.45, 2.75) is 20.8 Å². The molecule has 164 valence electrons. The number of hydrogen-bond donors (Lipinski definition) is 1. The molecule has 1 N–H and O–H groups in total. The molecule has 6 aromatic rings. The van der Waals surface area contributed by atoms with Gasteiger partial charge < -0.3 is 4.98 Å². The predicted octanol–water partition coefficient (Wildman–Crippen LogP) is 9.25. The molecule has 0 aliphatic carbocycles. The van der Waals surface area contributed by atoms with Gasteiger partial charge in [-0.25, -0.2) is 0 Å². The van der Waals surface area contributed by atoms with Crippen molar-refractivity contribution in [2.75, 3.05) is 0 Å². The molecule has 0 aliphatic heterocycles. The molecule has 5 aromatic carbocycles. The van der Waals surface area contributed by atoms with E-state index in [0.717, 1.165) is 0 Å². The van der Waals surface area contributed by atoms with Crippen LogP contribution >= 0.6 is 0 Å². The normalized spacial score (nSPS) is 11.4. The van der Waals surface area contributed by atoms with Crippen molar-refractivity contribution in [3.05, 3.63) is 120 Å². The molecule has 0 spiro atoms. The number of aromatic amines is 1. The number of rotatable bonds is 3. The molecule has 6 rings (SSSR count). The van der Waals surface area contributed by atoms with Crippen LogP contribution in [0.1, 0.15) is 16.7 Å². The highest BCUT2D eigenvalue weighted by atomic mass is 14.7. The fourth-order valence-electron chi connectivity index (χ4n) is 5.12. The van der Waals surface area contributed by atoms with E-state index >= 15 is 0 Å². The molecule has 1 heterocycles. The molecular formula is C33H27N. The maximum Gasteiger partial charge on any atom is 0.0495 e. The lowest BCUT2D eigenvalue weighted by Crippen LogP contribution is -1.89. The summed E-state index contributed by atoms with van der Waals surface area (Å²) in [6, 6.07) is 37.6. The van der Waals surface area contributed by atoms with Crippen molar-refractivity contribution in [3.63, 3.8) is 0 Å². The third-order valence-corrected chi connectivity index (χ3v) is 7.04. The van der Waals surface area contributed by atoms with E-state index in [9.17, 15) is 0 Å². The van der Waals surface area contributed by atoms with E-state index < -0.39 is 0 Å². The average Bonchev–Trinajstić information content (AvgIpc) is 3.24. The van der Waals surface area contributed by atoms with Gasteiger partial charge in [-0.05, 0) is 95.1 Å². The molecule has 0 bridgehead atoms. The van der Waals surface area contributed by atoms with E-state index in [1.807, 2.05) is 0 Å². The van der Waals surface area contributed by atoms with Gasteiger partial charge in [0.2, 0.25) is 0 Å². The Hall–Kier alpha value is -4.10. The van der Waals surface area contributed by atoms with Gasteiger partial charge in [0, 0.05) is 21.8 Å². The quantitative estimate of drug-likeness (QED) is 0.284. The zero-order valence-electron chi connectivity index (χ0n) is 19.8. The Balaban J connectivity index is 1.40. The largest absolute Gasteiger partial charge is 0.354 e. The third-order valence-electron chi connectivity index (χ3n) is 7.04. The minimum absolute atomic E-state index is 1.19. The monoisotopic (exact) mass is 437 g/mol. The minimum atomic E-state index is 1.19. The van der Waals surface area contributed by atoms with E-state index in [1.165, 1.54) is 71.9 Å². The molecule has 0 radical (unpaired) electrons. The van der Waals surface area contributed by atoms with Crippen LogP contribution in [0.5, 0.6) is 0 Å². The Labute approximate surface area is 200 Å². The number of aryl methyl sites for hydroxylation is 3. The fourth-order valence-corrected chi connectivity index (χ4v) is 5.12. The van der Waals surface area contributed by atoms with Crippen LogP contribution in [0.3, 0.4) is 0 Å². The Kier molecular flexibility index (Phi) is 4.85. The van der Waals surface area contributed by atoms with Crippen molar-refractivity contribution >= 4 is 21.8 Å². The van der Waals surface area contributed by atoms with Gasteiger partial charge in [-0.2, -0.15) is 0 Å². The topological polar surface area (TPSA) is 15.8 Å². The number of para-hydroxylation sites is 1. The van der Waals surface area contributed by atoms with Crippen LogP contribution in [0, 0.1) is 20.8 Å². The van der Waals surface area contributed by atoms with Crippen LogP contribution in [0.2, 0.25) is 0 Å². The number of nitrogens with one attached hydrogen (secondary N) is 1. The van der Waals surface area contributed by atoms with Gasteiger partial charge in [0.25, 0.3) is 0 Å². The first kappa shape index (κ1) is 20.5. The summed E-state index contributed by atoms with van der Waals surface area (Å²) in [5, 5.41) is 2.57. The van der Waals surface area contributed by atoms with Crippen LogP contribution in [-0.4, -0.2) is 4.98 Å². The van der Waals surface area contributed by atoms with Crippen molar-refractivity contribution in [2.24, 2.45) is 0 Å². The van der Waals surface area contributed by atoms with Gasteiger partial charge >= 0.3 is 0 Å². The Morgan fingerprint density at radius 2 is 1.09 bits per heavy atom. The van der Waals surface area contributed by atoms with Crippen molar-refractivity contribution in [3.8, 4) is 33.4 Å². The number of aromatic nitrogens is 1. The molecule has 0 atom stereocenters. The standard InChI is InChI=1S/C33H27N/c1-21-8-4-5-9-28(21)30-19-26(13-12-22(30)2)24-14-16-25(17-15-24)27-18-23(3)33-31(20-27)29-10-6-7-11-32(29)34-33/h4-20,34H,1-3H3. The van der Waals surface area contributed by atoms with Gasteiger partial charge in [0.1, 0.15) is 0 Å². The minimum Gasteiger partial charge on any atom is -0.354 e. The summed E-state index contributed by atoms with van der Waals surface area (Å²) in [6.45, 7) is 6.57. The maximum absolute atomic E-state index is 3.58. The second kappa shape index (κ2) is 8.04. The molecular weight excluding hydrogens is 410 g/mol. The first-order chi connectivity index (χ1) is 16.6. The molecule has 1 heteroatoms. The van der Waals surface area contributed by atoms with Crippen molar-refractivity contribution in [1.29, 1.82) is 0 Å². The Morgan fingerprint density at radius 1 is 0.441 bits per heavy atom. The molecule has 1 nitrogen and oxygen atoms in total. The van der Waals surface area contributed by atoms with Gasteiger partial charge in [-0.15, -0.1) is 0 Å². The fraction of sp³-hybridized carbons (Fsp3) is 0.0909. The summed E-state index contributed by atoms with van der Waals surface area (Å²) >= 11 is 0. The summed E-state index contributed by atoms with van der Waals surface area (Å²) < 4.78 is 0. The van der Waals surface area contributed by atoms with Crippen LogP contribution < -0.4 is 0 Å². The zero-order chi connectivity index (χ0) is 23.2. The maximum atomic E-state index is 3.58. The van der Waals surface area contributed by atoms with E-state index in [2.05, 4.69) is 129 Å². The van der Waals surface area contributed by atoms with Gasteiger partial charge in [0.05, 0.1) is 0 Å². The summed E-state index contributed by atoms with van der Waals surface area (Å²) in [7, 11) is 0. The Morgan fingerprint density at radius 3 is 1.88 bits per heavy atom.